The molecule has 27 heavy (non-hydrogen) atoms. The van der Waals surface area contributed by atoms with Crippen molar-refractivity contribution >= 4 is 29.1 Å². The number of ether oxygens (including phenoxy) is 1. The van der Waals surface area contributed by atoms with Crippen molar-refractivity contribution in [3.63, 3.8) is 0 Å². The summed E-state index contributed by atoms with van der Waals surface area (Å²) < 4.78 is 5.95. The minimum Gasteiger partial charge on any atom is -0.477 e. The van der Waals surface area contributed by atoms with E-state index in [-0.39, 0.29) is 6.61 Å². The van der Waals surface area contributed by atoms with Crippen LogP contribution in [0.4, 0.5) is 5.69 Å². The number of thioether (sulfide) groups is 1. The van der Waals surface area contributed by atoms with Gasteiger partial charge in [0.25, 0.3) is 0 Å². The molecule has 0 aromatic heterocycles. The van der Waals surface area contributed by atoms with Crippen LogP contribution in [0.1, 0.15) is 11.1 Å². The van der Waals surface area contributed by atoms with Crippen molar-refractivity contribution in [3.05, 3.63) is 58.6 Å². The van der Waals surface area contributed by atoms with E-state index < -0.39 is 29.0 Å². The van der Waals surface area contributed by atoms with E-state index in [0.29, 0.717) is 22.9 Å². The molecule has 0 saturated carbocycles. The lowest BCUT2D eigenvalue weighted by atomic mass is 10.0. The van der Waals surface area contributed by atoms with Crippen molar-refractivity contribution < 1.29 is 25.2 Å². The van der Waals surface area contributed by atoms with Crippen LogP contribution in [-0.2, 0) is 6.42 Å². The first-order chi connectivity index (χ1) is 12.9. The molecule has 5 atom stereocenters. The Kier molecular flexibility index (Phi) is 6.52. The second-order valence-electron chi connectivity index (χ2n) is 6.49. The third-order valence-electron chi connectivity index (χ3n) is 4.49. The Morgan fingerprint density at radius 3 is 2.37 bits per heavy atom. The lowest BCUT2D eigenvalue weighted by Crippen LogP contribution is -2.55. The lowest BCUT2D eigenvalue weighted by molar-refractivity contribution is -0.0910. The summed E-state index contributed by atoms with van der Waals surface area (Å²) in [4.78, 5) is 0. The molecule has 8 heteroatoms. The van der Waals surface area contributed by atoms with Gasteiger partial charge in [-0.15, -0.1) is 11.8 Å². The molecule has 0 spiro atoms. The van der Waals surface area contributed by atoms with Crippen LogP contribution in [0.15, 0.2) is 42.5 Å². The number of hydrogen-bond acceptors (Lipinski definition) is 7. The predicted molar refractivity (Wildman–Crippen MR) is 106 cm³/mol. The fourth-order valence-electron chi connectivity index (χ4n) is 2.95. The normalized spacial score (nSPS) is 28.1. The molecule has 0 unspecified atom stereocenters. The van der Waals surface area contributed by atoms with Gasteiger partial charge >= 0.3 is 0 Å². The highest BCUT2D eigenvalue weighted by Gasteiger charge is 2.44. The fraction of sp³-hybridized carbons (Fsp3) is 0.368. The van der Waals surface area contributed by atoms with Crippen LogP contribution >= 0.6 is 23.4 Å². The van der Waals surface area contributed by atoms with E-state index in [4.69, 9.17) is 22.1 Å². The zero-order chi connectivity index (χ0) is 19.6. The molecule has 146 valence electrons. The summed E-state index contributed by atoms with van der Waals surface area (Å²) in [5.74, 6) is 0.507. The summed E-state index contributed by atoms with van der Waals surface area (Å²) in [6.07, 6.45) is -3.39. The standard InChI is InChI=1S/C19H22ClNO5S/c20-12-3-6-14(11(8-12)7-10-1-4-13(21)5-2-10)26-19-18(25)17(24)16(23)15(9-22)27-19/h1-6,8,15-19,22-25H,7,9,21H2/t15-,16-,17+,18-,19-/m1/s1. The van der Waals surface area contributed by atoms with E-state index in [9.17, 15) is 20.4 Å². The highest BCUT2D eigenvalue weighted by Crippen LogP contribution is 2.36. The molecule has 1 aliphatic heterocycles. The number of nitrogens with two attached hydrogens (primary N) is 1. The second-order valence-corrected chi connectivity index (χ2v) is 8.26. The van der Waals surface area contributed by atoms with Gasteiger partial charge in [-0.05, 0) is 35.9 Å². The van der Waals surface area contributed by atoms with Gasteiger partial charge in [-0.3, -0.25) is 0 Å². The molecule has 0 radical (unpaired) electrons. The molecule has 6 nitrogen and oxygen atoms in total. The maximum atomic E-state index is 10.3. The van der Waals surface area contributed by atoms with Crippen LogP contribution in [0.3, 0.4) is 0 Å². The molecule has 1 heterocycles. The smallest absolute Gasteiger partial charge is 0.173 e. The predicted octanol–water partition coefficient (Wildman–Crippen LogP) is 1.41. The molecule has 0 amide bonds. The quantitative estimate of drug-likeness (QED) is 0.472. The molecule has 2 aromatic rings. The van der Waals surface area contributed by atoms with E-state index in [1.807, 2.05) is 24.3 Å². The molecule has 1 aliphatic rings. The maximum absolute atomic E-state index is 10.3. The van der Waals surface area contributed by atoms with Gasteiger partial charge in [0.05, 0.1) is 18.0 Å². The Hall–Kier alpha value is -1.48. The number of anilines is 1. The number of nitrogen functional groups attached to an aromatic ring is 1. The minimum atomic E-state index is -1.40. The van der Waals surface area contributed by atoms with Gasteiger partial charge < -0.3 is 30.9 Å². The zero-order valence-electron chi connectivity index (χ0n) is 14.4. The van der Waals surface area contributed by atoms with Crippen LogP contribution in [-0.4, -0.2) is 56.0 Å². The number of aliphatic hydroxyl groups is 4. The van der Waals surface area contributed by atoms with Gasteiger partial charge in [0.2, 0.25) is 0 Å². The number of rotatable bonds is 5. The first kappa shape index (κ1) is 20.3. The zero-order valence-corrected chi connectivity index (χ0v) is 16.0. The van der Waals surface area contributed by atoms with Crippen LogP contribution in [0.5, 0.6) is 5.75 Å². The van der Waals surface area contributed by atoms with E-state index >= 15 is 0 Å². The number of halogens is 1. The van der Waals surface area contributed by atoms with Crippen LogP contribution < -0.4 is 10.5 Å². The fourth-order valence-corrected chi connectivity index (χ4v) is 4.37. The SMILES string of the molecule is Nc1ccc(Cc2cc(Cl)ccc2O[C@@H]2S[C@H](CO)[C@@H](O)[C@H](O)[C@H]2O)cc1. The molecule has 1 saturated heterocycles. The van der Waals surface area contributed by atoms with Crippen molar-refractivity contribution in [1.82, 2.24) is 0 Å². The summed E-state index contributed by atoms with van der Waals surface area (Å²) in [5.41, 5.74) is 7.37. The summed E-state index contributed by atoms with van der Waals surface area (Å²) in [7, 11) is 0. The van der Waals surface area contributed by atoms with E-state index in [1.165, 1.54) is 0 Å². The van der Waals surface area contributed by atoms with E-state index in [2.05, 4.69) is 0 Å². The van der Waals surface area contributed by atoms with Crippen molar-refractivity contribution in [3.8, 4) is 5.75 Å². The second kappa shape index (κ2) is 8.68. The minimum absolute atomic E-state index is 0.339. The van der Waals surface area contributed by atoms with Crippen LogP contribution in [0, 0.1) is 0 Å². The largest absolute Gasteiger partial charge is 0.477 e. The Morgan fingerprint density at radius 1 is 1.00 bits per heavy atom. The van der Waals surface area contributed by atoms with E-state index in [0.717, 1.165) is 22.9 Å². The molecule has 3 rings (SSSR count). The summed E-state index contributed by atoms with van der Waals surface area (Å²) in [6.45, 7) is -0.339. The average molecular weight is 412 g/mol. The van der Waals surface area contributed by atoms with Crippen molar-refractivity contribution in [2.75, 3.05) is 12.3 Å². The molecule has 0 aliphatic carbocycles. The Morgan fingerprint density at radius 2 is 1.70 bits per heavy atom. The molecular weight excluding hydrogens is 390 g/mol. The Labute approximate surface area is 166 Å². The van der Waals surface area contributed by atoms with Crippen molar-refractivity contribution in [2.45, 2.75) is 35.4 Å². The maximum Gasteiger partial charge on any atom is 0.173 e. The van der Waals surface area contributed by atoms with Gasteiger partial charge in [-0.1, -0.05) is 23.7 Å². The van der Waals surface area contributed by atoms with Gasteiger partial charge in [0.15, 0.2) is 5.44 Å². The van der Waals surface area contributed by atoms with Crippen molar-refractivity contribution in [2.24, 2.45) is 0 Å². The monoisotopic (exact) mass is 411 g/mol. The van der Waals surface area contributed by atoms with Gasteiger partial charge in [0, 0.05) is 22.7 Å². The first-order valence-corrected chi connectivity index (χ1v) is 9.81. The third kappa shape index (κ3) is 4.68. The van der Waals surface area contributed by atoms with Crippen LogP contribution in [0.25, 0.3) is 0 Å². The lowest BCUT2D eigenvalue weighted by Gasteiger charge is -2.39. The highest BCUT2D eigenvalue weighted by molar-refractivity contribution is 8.00. The average Bonchev–Trinajstić information content (AvgIpc) is 2.66. The number of hydrogen-bond donors (Lipinski definition) is 5. The van der Waals surface area contributed by atoms with Gasteiger partial charge in [-0.25, -0.2) is 0 Å². The van der Waals surface area contributed by atoms with Crippen LogP contribution in [0.2, 0.25) is 5.02 Å². The molecule has 6 N–H and O–H groups in total. The highest BCUT2D eigenvalue weighted by atomic mass is 35.5. The number of benzene rings is 2. The molecular formula is C19H22ClNO5S. The van der Waals surface area contributed by atoms with Crippen molar-refractivity contribution in [1.29, 1.82) is 0 Å². The van der Waals surface area contributed by atoms with Gasteiger partial charge in [0.1, 0.15) is 18.0 Å². The number of aliphatic hydroxyl groups excluding tert-OH is 4. The Balaban J connectivity index is 1.83. The van der Waals surface area contributed by atoms with Gasteiger partial charge in [-0.2, -0.15) is 0 Å². The molecule has 0 bridgehead atoms. The topological polar surface area (TPSA) is 116 Å². The summed E-state index contributed by atoms with van der Waals surface area (Å²) in [5, 5.41) is 39.5. The Bertz CT molecular complexity index is 773. The summed E-state index contributed by atoms with van der Waals surface area (Å²) in [6, 6.07) is 12.6. The molecule has 1 fully saturated rings. The summed E-state index contributed by atoms with van der Waals surface area (Å²) >= 11 is 7.22. The van der Waals surface area contributed by atoms with E-state index in [1.54, 1.807) is 18.2 Å². The first-order valence-electron chi connectivity index (χ1n) is 8.49. The third-order valence-corrected chi connectivity index (χ3v) is 6.14. The molecule has 2 aromatic carbocycles.